The van der Waals surface area contributed by atoms with Gasteiger partial charge < -0.3 is 14.2 Å². The van der Waals surface area contributed by atoms with Crippen molar-refractivity contribution < 1.29 is 23.4 Å². The summed E-state index contributed by atoms with van der Waals surface area (Å²) in [6.45, 7) is 1.68. The third-order valence-electron chi connectivity index (χ3n) is 2.86. The number of nitrogens with zero attached hydrogens (tertiary/aromatic N) is 2. The topological polar surface area (TPSA) is 63.8 Å². The van der Waals surface area contributed by atoms with Gasteiger partial charge in [0.05, 0.1) is 6.10 Å². The molecule has 2 heterocycles. The van der Waals surface area contributed by atoms with Gasteiger partial charge in [0, 0.05) is 30.6 Å². The lowest BCUT2D eigenvalue weighted by Gasteiger charge is -2.13. The minimum atomic E-state index is -2.65. The van der Waals surface area contributed by atoms with E-state index in [0.717, 1.165) is 0 Å². The Kier molecular flexibility index (Phi) is 3.48. The summed E-state index contributed by atoms with van der Waals surface area (Å²) in [5, 5.41) is 8.90. The number of methoxy groups -OCH3 is 1. The van der Waals surface area contributed by atoms with E-state index < -0.39 is 18.5 Å². The lowest BCUT2D eigenvalue weighted by atomic mass is 10.1. The van der Waals surface area contributed by atoms with Crippen molar-refractivity contribution in [2.45, 2.75) is 19.5 Å². The van der Waals surface area contributed by atoms with Gasteiger partial charge >= 0.3 is 5.97 Å². The second-order valence-electron chi connectivity index (χ2n) is 4.07. The zero-order chi connectivity index (χ0) is 14.2. The molecule has 19 heavy (non-hydrogen) atoms. The van der Waals surface area contributed by atoms with Crippen LogP contribution in [0.5, 0.6) is 0 Å². The first-order valence-corrected chi connectivity index (χ1v) is 5.50. The molecule has 0 aliphatic rings. The van der Waals surface area contributed by atoms with E-state index >= 15 is 0 Å². The van der Waals surface area contributed by atoms with Crippen LogP contribution < -0.4 is 0 Å². The second kappa shape index (κ2) is 4.93. The third-order valence-corrected chi connectivity index (χ3v) is 2.86. The number of carboxylic acid groups (broad SMARTS) is 1. The van der Waals surface area contributed by atoms with E-state index in [-0.39, 0.29) is 11.3 Å². The number of hydrogen-bond acceptors (Lipinski definition) is 3. The van der Waals surface area contributed by atoms with E-state index in [0.29, 0.717) is 11.2 Å². The third kappa shape index (κ3) is 2.41. The molecule has 2 aromatic heterocycles. The number of halogens is 2. The fourth-order valence-electron chi connectivity index (χ4n) is 1.80. The van der Waals surface area contributed by atoms with Crippen LogP contribution in [0.4, 0.5) is 8.78 Å². The molecule has 0 fully saturated rings. The standard InChI is InChI=1S/C12H12F2N2O3/c1-6(19-2)8-3-7(10(13)14)4-16-5-9(12(17)18)15-11(8)16/h3-6,10H,1-2H3,(H,17,18). The monoisotopic (exact) mass is 270 g/mol. The fourth-order valence-corrected chi connectivity index (χ4v) is 1.80. The average molecular weight is 270 g/mol. The molecule has 2 aromatic rings. The van der Waals surface area contributed by atoms with Crippen molar-refractivity contribution in [1.29, 1.82) is 0 Å². The number of aromatic nitrogens is 2. The van der Waals surface area contributed by atoms with Gasteiger partial charge in [-0.2, -0.15) is 0 Å². The summed E-state index contributed by atoms with van der Waals surface area (Å²) in [5.74, 6) is -1.21. The Morgan fingerprint density at radius 3 is 2.68 bits per heavy atom. The van der Waals surface area contributed by atoms with Gasteiger partial charge in [-0.15, -0.1) is 0 Å². The maximum atomic E-state index is 12.8. The van der Waals surface area contributed by atoms with Crippen molar-refractivity contribution in [3.05, 3.63) is 35.3 Å². The van der Waals surface area contributed by atoms with Gasteiger partial charge in [-0.05, 0) is 13.0 Å². The summed E-state index contributed by atoms with van der Waals surface area (Å²) in [5.41, 5.74) is 0.320. The predicted molar refractivity (Wildman–Crippen MR) is 62.5 cm³/mol. The quantitative estimate of drug-likeness (QED) is 0.927. The molecule has 2 rings (SSSR count). The number of ether oxygens (including phenoxy) is 1. The van der Waals surface area contributed by atoms with Crippen molar-refractivity contribution in [2.24, 2.45) is 0 Å². The number of fused-ring (bicyclic) bond motifs is 1. The molecule has 1 atom stereocenters. The highest BCUT2D eigenvalue weighted by Gasteiger charge is 2.19. The highest BCUT2D eigenvalue weighted by Crippen LogP contribution is 2.27. The van der Waals surface area contributed by atoms with Crippen molar-refractivity contribution in [3.8, 4) is 0 Å². The predicted octanol–water partition coefficient (Wildman–Crippen LogP) is 2.68. The molecule has 7 heteroatoms. The number of rotatable bonds is 4. The highest BCUT2D eigenvalue weighted by atomic mass is 19.3. The van der Waals surface area contributed by atoms with Gasteiger partial charge in [0.2, 0.25) is 0 Å². The molecule has 1 unspecified atom stereocenters. The Morgan fingerprint density at radius 1 is 1.47 bits per heavy atom. The summed E-state index contributed by atoms with van der Waals surface area (Å²) < 4.78 is 32.0. The van der Waals surface area contributed by atoms with E-state index in [1.807, 2.05) is 0 Å². The zero-order valence-corrected chi connectivity index (χ0v) is 10.3. The van der Waals surface area contributed by atoms with Crippen LogP contribution in [0, 0.1) is 0 Å². The Labute approximate surface area is 107 Å². The summed E-state index contributed by atoms with van der Waals surface area (Å²) >= 11 is 0. The smallest absolute Gasteiger partial charge is 0.356 e. The number of imidazole rings is 1. The van der Waals surface area contributed by atoms with E-state index in [1.165, 1.54) is 30.0 Å². The molecule has 0 aliphatic heterocycles. The average Bonchev–Trinajstić information content (AvgIpc) is 2.80. The molecule has 0 saturated heterocycles. The van der Waals surface area contributed by atoms with Gasteiger partial charge in [-0.3, -0.25) is 0 Å². The molecular weight excluding hydrogens is 258 g/mol. The van der Waals surface area contributed by atoms with Crippen LogP contribution in [-0.4, -0.2) is 27.6 Å². The van der Waals surface area contributed by atoms with Crippen LogP contribution in [0.25, 0.3) is 5.65 Å². The van der Waals surface area contributed by atoms with Crippen molar-refractivity contribution in [2.75, 3.05) is 7.11 Å². The Hall–Kier alpha value is -2.02. The molecule has 0 radical (unpaired) electrons. The van der Waals surface area contributed by atoms with Gasteiger partial charge in [0.25, 0.3) is 6.43 Å². The number of pyridine rings is 1. The van der Waals surface area contributed by atoms with Gasteiger partial charge in [0.1, 0.15) is 5.65 Å². The first-order valence-electron chi connectivity index (χ1n) is 5.50. The Balaban J connectivity index is 2.70. The van der Waals surface area contributed by atoms with Crippen LogP contribution >= 0.6 is 0 Å². The lowest BCUT2D eigenvalue weighted by Crippen LogP contribution is -2.02. The van der Waals surface area contributed by atoms with Crippen molar-refractivity contribution >= 4 is 11.6 Å². The molecular formula is C12H12F2N2O3. The number of carbonyl (C=O) groups is 1. The molecule has 0 spiro atoms. The molecule has 0 bridgehead atoms. The number of aromatic carboxylic acids is 1. The highest BCUT2D eigenvalue weighted by molar-refractivity contribution is 5.86. The molecule has 0 aliphatic carbocycles. The fraction of sp³-hybridized carbons (Fsp3) is 0.333. The number of alkyl halides is 2. The second-order valence-corrected chi connectivity index (χ2v) is 4.07. The summed E-state index contributed by atoms with van der Waals surface area (Å²) in [6, 6.07) is 1.28. The van der Waals surface area contributed by atoms with Crippen LogP contribution in [0.2, 0.25) is 0 Å². The normalized spacial score (nSPS) is 13.1. The Morgan fingerprint density at radius 2 is 2.16 bits per heavy atom. The molecule has 0 saturated carbocycles. The first kappa shape index (κ1) is 13.4. The van der Waals surface area contributed by atoms with E-state index in [4.69, 9.17) is 9.84 Å². The summed E-state index contributed by atoms with van der Waals surface area (Å²) in [4.78, 5) is 14.8. The van der Waals surface area contributed by atoms with E-state index in [2.05, 4.69) is 4.98 Å². The molecule has 102 valence electrons. The lowest BCUT2D eigenvalue weighted by molar-refractivity contribution is 0.0691. The first-order chi connectivity index (χ1) is 8.93. The molecule has 1 N–H and O–H groups in total. The largest absolute Gasteiger partial charge is 0.476 e. The summed E-state index contributed by atoms with van der Waals surface area (Å²) in [6.07, 6.45) is -0.742. The van der Waals surface area contributed by atoms with E-state index in [9.17, 15) is 13.6 Å². The van der Waals surface area contributed by atoms with E-state index in [1.54, 1.807) is 6.92 Å². The maximum Gasteiger partial charge on any atom is 0.356 e. The summed E-state index contributed by atoms with van der Waals surface area (Å²) in [7, 11) is 1.44. The van der Waals surface area contributed by atoms with Gasteiger partial charge in [0.15, 0.2) is 5.69 Å². The zero-order valence-electron chi connectivity index (χ0n) is 10.3. The van der Waals surface area contributed by atoms with Crippen molar-refractivity contribution in [1.82, 2.24) is 9.38 Å². The van der Waals surface area contributed by atoms with Gasteiger partial charge in [-0.25, -0.2) is 18.6 Å². The van der Waals surface area contributed by atoms with Gasteiger partial charge in [-0.1, -0.05) is 0 Å². The maximum absolute atomic E-state index is 12.8. The van der Waals surface area contributed by atoms with Crippen LogP contribution in [0.3, 0.4) is 0 Å². The number of hydrogen-bond donors (Lipinski definition) is 1. The van der Waals surface area contributed by atoms with Crippen LogP contribution in [0.15, 0.2) is 18.5 Å². The minimum absolute atomic E-state index is 0.198. The van der Waals surface area contributed by atoms with Crippen LogP contribution in [-0.2, 0) is 4.74 Å². The molecule has 0 amide bonds. The Bertz CT molecular complexity index is 625. The number of carboxylic acids is 1. The SMILES string of the molecule is COC(C)c1cc(C(F)F)cn2cc(C(=O)O)nc12. The molecule has 0 aromatic carbocycles. The van der Waals surface area contributed by atoms with Crippen LogP contribution in [0.1, 0.15) is 41.1 Å². The van der Waals surface area contributed by atoms with Crippen molar-refractivity contribution in [3.63, 3.8) is 0 Å². The molecule has 5 nitrogen and oxygen atoms in total. The minimum Gasteiger partial charge on any atom is -0.476 e.